The first-order chi connectivity index (χ1) is 6.72. The van der Waals surface area contributed by atoms with E-state index < -0.39 is 16.0 Å². The number of carbonyl (C=O) groups is 1. The molecule has 5 nitrogen and oxygen atoms in total. The van der Waals surface area contributed by atoms with Crippen LogP contribution in [0.1, 0.15) is 27.2 Å². The monoisotopic (exact) mass is 235 g/mol. The Kier molecular flexibility index (Phi) is 4.96. The van der Waals surface area contributed by atoms with E-state index in [1.165, 1.54) is 0 Å². The molecule has 6 heteroatoms. The van der Waals surface area contributed by atoms with Gasteiger partial charge in [-0.25, -0.2) is 5.48 Å². The maximum Gasteiger partial charge on any atom is 0.288 e. The molecular formula is C9H17NO4S. The summed E-state index contributed by atoms with van der Waals surface area (Å²) in [6, 6.07) is 0. The highest BCUT2D eigenvalue weighted by Gasteiger charge is 2.25. The van der Waals surface area contributed by atoms with E-state index in [0.717, 1.165) is 6.08 Å². The fourth-order valence-corrected chi connectivity index (χ4v) is 2.19. The van der Waals surface area contributed by atoms with Gasteiger partial charge in [0.1, 0.15) is 0 Å². The van der Waals surface area contributed by atoms with E-state index >= 15 is 0 Å². The second-order valence-electron chi connectivity index (χ2n) is 3.97. The summed E-state index contributed by atoms with van der Waals surface area (Å²) in [5, 5.41) is 0. The minimum Gasteiger partial charge on any atom is -0.268 e. The summed E-state index contributed by atoms with van der Waals surface area (Å²) in [6.45, 7) is 8.67. The summed E-state index contributed by atoms with van der Waals surface area (Å²) in [4.78, 5) is 10.7. The summed E-state index contributed by atoms with van der Waals surface area (Å²) in [5.74, 6) is -0.832. The normalized spacial score (nSPS) is 12.2. The van der Waals surface area contributed by atoms with Gasteiger partial charge in [0.15, 0.2) is 0 Å². The second-order valence-corrected chi connectivity index (χ2v) is 5.54. The molecule has 0 aromatic heterocycles. The van der Waals surface area contributed by atoms with E-state index in [0.29, 0.717) is 6.42 Å². The van der Waals surface area contributed by atoms with Crippen molar-refractivity contribution in [2.45, 2.75) is 27.2 Å². The van der Waals surface area contributed by atoms with E-state index in [-0.39, 0.29) is 11.2 Å². The molecule has 0 aromatic carbocycles. The molecule has 0 rings (SSSR count). The van der Waals surface area contributed by atoms with Crippen LogP contribution in [0.15, 0.2) is 12.7 Å². The molecule has 0 saturated heterocycles. The quantitative estimate of drug-likeness (QED) is 0.550. The van der Waals surface area contributed by atoms with Crippen molar-refractivity contribution in [1.29, 1.82) is 0 Å². The number of nitrogens with one attached hydrogen (secondary N) is 1. The summed E-state index contributed by atoms with van der Waals surface area (Å²) >= 11 is 0. The average Bonchev–Trinajstić information content (AvgIpc) is 2.13. The molecule has 0 aliphatic rings. The summed E-state index contributed by atoms with van der Waals surface area (Å²) in [6.07, 6.45) is 1.63. The van der Waals surface area contributed by atoms with Gasteiger partial charge in [0.2, 0.25) is 0 Å². The number of hydroxylamine groups is 1. The first-order valence-corrected chi connectivity index (χ1v) is 6.14. The maximum atomic E-state index is 11.4. The van der Waals surface area contributed by atoms with Gasteiger partial charge >= 0.3 is 0 Å². The highest BCUT2D eigenvalue weighted by atomic mass is 32.2. The van der Waals surface area contributed by atoms with Gasteiger partial charge < -0.3 is 0 Å². The van der Waals surface area contributed by atoms with Crippen molar-refractivity contribution in [2.24, 2.45) is 5.41 Å². The number of carbonyl (C=O) groups excluding carboxylic acids is 1. The van der Waals surface area contributed by atoms with Crippen LogP contribution in [-0.2, 0) is 19.2 Å². The molecule has 0 bridgehead atoms. The molecule has 0 aromatic rings. The van der Waals surface area contributed by atoms with Gasteiger partial charge in [-0.05, 0) is 17.9 Å². The minimum absolute atomic E-state index is 0.145. The molecule has 0 radical (unpaired) electrons. The number of hydrogen-bond acceptors (Lipinski definition) is 4. The Bertz CT molecular complexity index is 332. The predicted molar refractivity (Wildman–Crippen MR) is 57.3 cm³/mol. The Labute approximate surface area is 90.6 Å². The molecular weight excluding hydrogens is 218 g/mol. The third-order valence-electron chi connectivity index (χ3n) is 1.98. The van der Waals surface area contributed by atoms with Gasteiger partial charge in [-0.3, -0.25) is 4.79 Å². The molecule has 1 amide bonds. The third kappa shape index (κ3) is 6.24. The lowest BCUT2D eigenvalue weighted by Gasteiger charge is -2.21. The van der Waals surface area contributed by atoms with E-state index in [2.05, 4.69) is 10.9 Å². The first-order valence-electron chi connectivity index (χ1n) is 4.56. The lowest BCUT2D eigenvalue weighted by atomic mass is 9.93. The Morgan fingerprint density at radius 2 is 2.07 bits per heavy atom. The summed E-state index contributed by atoms with van der Waals surface area (Å²) in [5.41, 5.74) is 1.40. The molecule has 15 heavy (non-hydrogen) atoms. The van der Waals surface area contributed by atoms with E-state index in [1.807, 2.05) is 20.8 Å². The van der Waals surface area contributed by atoms with Gasteiger partial charge in [0.05, 0.1) is 5.75 Å². The topological polar surface area (TPSA) is 72.5 Å². The predicted octanol–water partition coefficient (Wildman–Crippen LogP) is 0.986. The standard InChI is InChI=1S/C9H17NO4S/c1-5-8(11)10-14-15(12,13)7-9(3,4)6-2/h5H,1,6-7H2,2-4H3,(H,10,11). The van der Waals surface area contributed by atoms with E-state index in [9.17, 15) is 13.2 Å². The summed E-state index contributed by atoms with van der Waals surface area (Å²) < 4.78 is 27.0. The van der Waals surface area contributed by atoms with Crippen LogP contribution in [0, 0.1) is 5.41 Å². The average molecular weight is 235 g/mol. The third-order valence-corrected chi connectivity index (χ3v) is 3.45. The van der Waals surface area contributed by atoms with E-state index in [4.69, 9.17) is 0 Å². The zero-order chi connectivity index (χ0) is 12.1. The van der Waals surface area contributed by atoms with Crippen LogP contribution in [0.2, 0.25) is 0 Å². The molecule has 0 saturated carbocycles. The zero-order valence-electron chi connectivity index (χ0n) is 9.24. The van der Waals surface area contributed by atoms with Crippen molar-refractivity contribution in [1.82, 2.24) is 5.48 Å². The molecule has 0 atom stereocenters. The van der Waals surface area contributed by atoms with Crippen molar-refractivity contribution in [2.75, 3.05) is 5.75 Å². The highest BCUT2D eigenvalue weighted by molar-refractivity contribution is 7.86. The largest absolute Gasteiger partial charge is 0.288 e. The molecule has 0 unspecified atom stereocenters. The Morgan fingerprint density at radius 1 is 1.53 bits per heavy atom. The molecule has 1 N–H and O–H groups in total. The van der Waals surface area contributed by atoms with Gasteiger partial charge in [0, 0.05) is 0 Å². The van der Waals surface area contributed by atoms with Crippen LogP contribution in [-0.4, -0.2) is 20.1 Å². The SMILES string of the molecule is C=CC(=O)NOS(=O)(=O)CC(C)(C)CC. The van der Waals surface area contributed by atoms with Crippen molar-refractivity contribution < 1.29 is 17.5 Å². The fraction of sp³-hybridized carbons (Fsp3) is 0.667. The first kappa shape index (κ1) is 14.1. The Morgan fingerprint density at radius 3 is 2.47 bits per heavy atom. The number of amides is 1. The van der Waals surface area contributed by atoms with Crippen molar-refractivity contribution >= 4 is 16.0 Å². The van der Waals surface area contributed by atoms with Crippen LogP contribution >= 0.6 is 0 Å². The molecule has 0 aliphatic carbocycles. The Balaban J connectivity index is 4.33. The number of rotatable bonds is 6. The fourth-order valence-electron chi connectivity index (χ4n) is 0.756. The Hall–Kier alpha value is -0.880. The van der Waals surface area contributed by atoms with Gasteiger partial charge in [0.25, 0.3) is 16.0 Å². The van der Waals surface area contributed by atoms with Crippen LogP contribution in [0.4, 0.5) is 0 Å². The van der Waals surface area contributed by atoms with Gasteiger partial charge in [-0.2, -0.15) is 8.42 Å². The van der Waals surface area contributed by atoms with E-state index in [1.54, 1.807) is 5.48 Å². The lowest BCUT2D eigenvalue weighted by Crippen LogP contribution is -2.31. The van der Waals surface area contributed by atoms with Crippen molar-refractivity contribution in [3.63, 3.8) is 0 Å². The zero-order valence-corrected chi connectivity index (χ0v) is 10.1. The maximum absolute atomic E-state index is 11.4. The van der Waals surface area contributed by atoms with Gasteiger partial charge in [-0.15, -0.1) is 4.28 Å². The highest BCUT2D eigenvalue weighted by Crippen LogP contribution is 2.22. The molecule has 0 heterocycles. The second kappa shape index (κ2) is 5.27. The van der Waals surface area contributed by atoms with Crippen LogP contribution in [0.5, 0.6) is 0 Å². The number of hydrogen-bond donors (Lipinski definition) is 1. The van der Waals surface area contributed by atoms with Crippen LogP contribution in [0.3, 0.4) is 0 Å². The summed E-state index contributed by atoms with van der Waals surface area (Å²) in [7, 11) is -3.74. The van der Waals surface area contributed by atoms with Gasteiger partial charge in [-0.1, -0.05) is 27.4 Å². The molecule has 88 valence electrons. The lowest BCUT2D eigenvalue weighted by molar-refractivity contribution is -0.122. The van der Waals surface area contributed by atoms with Crippen LogP contribution in [0.25, 0.3) is 0 Å². The van der Waals surface area contributed by atoms with Crippen molar-refractivity contribution in [3.05, 3.63) is 12.7 Å². The molecule has 0 aliphatic heterocycles. The van der Waals surface area contributed by atoms with Crippen molar-refractivity contribution in [3.8, 4) is 0 Å². The molecule has 0 spiro atoms. The smallest absolute Gasteiger partial charge is 0.268 e. The van der Waals surface area contributed by atoms with Crippen LogP contribution < -0.4 is 5.48 Å². The molecule has 0 fully saturated rings. The minimum atomic E-state index is -3.74.